The molecule has 8 nitrogen and oxygen atoms in total. The van der Waals surface area contributed by atoms with E-state index in [0.29, 0.717) is 18.1 Å². The monoisotopic (exact) mass is 331 g/mol. The molecule has 24 heavy (non-hydrogen) atoms. The van der Waals surface area contributed by atoms with Gasteiger partial charge in [0.25, 0.3) is 0 Å². The lowest BCUT2D eigenvalue weighted by atomic mass is 10.3. The van der Waals surface area contributed by atoms with E-state index in [1.807, 2.05) is 45.3 Å². The quantitative estimate of drug-likeness (QED) is 0.439. The summed E-state index contributed by atoms with van der Waals surface area (Å²) in [5.41, 5.74) is 0.788. The van der Waals surface area contributed by atoms with Gasteiger partial charge in [-0.3, -0.25) is 0 Å². The highest BCUT2D eigenvalue weighted by molar-refractivity contribution is 5.92. The predicted octanol–water partition coefficient (Wildman–Crippen LogP) is 2.06. The smallest absolute Gasteiger partial charge is 0.362 e. The van der Waals surface area contributed by atoms with Gasteiger partial charge in [0.2, 0.25) is 5.69 Å². The van der Waals surface area contributed by atoms with E-state index in [2.05, 4.69) is 15.3 Å². The Morgan fingerprint density at radius 3 is 2.54 bits per heavy atom. The molecule has 128 valence electrons. The van der Waals surface area contributed by atoms with Crippen molar-refractivity contribution in [3.8, 4) is 11.4 Å². The summed E-state index contributed by atoms with van der Waals surface area (Å²) in [5.74, 6) is 0.511. The third-order valence-corrected chi connectivity index (χ3v) is 2.92. The molecule has 0 N–H and O–H groups in total. The third kappa shape index (κ3) is 4.09. The maximum absolute atomic E-state index is 12.0. The summed E-state index contributed by atoms with van der Waals surface area (Å²) in [6.45, 7) is 4.50. The predicted molar refractivity (Wildman–Crippen MR) is 90.3 cm³/mol. The van der Waals surface area contributed by atoms with Gasteiger partial charge in [0.05, 0.1) is 25.2 Å². The minimum atomic E-state index is -0.555. The molecule has 1 aromatic carbocycles. The molecule has 0 saturated heterocycles. The first-order chi connectivity index (χ1) is 11.6. The summed E-state index contributed by atoms with van der Waals surface area (Å²) in [5, 5.41) is 7.96. The molecule has 0 bridgehead atoms. The Balaban J connectivity index is 2.43. The molecular formula is C16H21N5O3. The van der Waals surface area contributed by atoms with E-state index in [9.17, 15) is 4.79 Å². The summed E-state index contributed by atoms with van der Waals surface area (Å²) in [7, 11) is 3.66. The summed E-state index contributed by atoms with van der Waals surface area (Å²) < 4.78 is 11.9. The molecule has 0 fully saturated rings. The Morgan fingerprint density at radius 2 is 1.96 bits per heavy atom. The zero-order valence-electron chi connectivity index (χ0n) is 14.3. The van der Waals surface area contributed by atoms with Gasteiger partial charge in [-0.1, -0.05) is 5.21 Å². The van der Waals surface area contributed by atoms with Gasteiger partial charge in [-0.2, -0.15) is 4.68 Å². The molecule has 1 aromatic heterocycles. The second-order valence-electron chi connectivity index (χ2n) is 5.03. The SMILES string of the molecule is CCOC(=O)c1nnn(-c2ccc(OCC)cc2)c1/N=C/N(C)C. The van der Waals surface area contributed by atoms with Crippen molar-refractivity contribution in [3.63, 3.8) is 0 Å². The number of carbonyl (C=O) groups is 1. The summed E-state index contributed by atoms with van der Waals surface area (Å²) in [6.07, 6.45) is 1.58. The maximum atomic E-state index is 12.0. The molecule has 0 radical (unpaired) electrons. The van der Waals surface area contributed by atoms with Gasteiger partial charge in [-0.15, -0.1) is 5.10 Å². The standard InChI is InChI=1S/C16H21N5O3/c1-5-23-13-9-7-12(8-10-13)21-15(17-11-20(3)4)14(18-19-21)16(22)24-6-2/h7-11H,5-6H2,1-4H3/b17-11+. The number of aliphatic imine (C=N–C) groups is 1. The minimum Gasteiger partial charge on any atom is -0.494 e. The number of nitrogens with zero attached hydrogens (tertiary/aromatic N) is 5. The normalized spacial score (nSPS) is 10.8. The van der Waals surface area contributed by atoms with Crippen LogP contribution in [0.1, 0.15) is 24.3 Å². The Kier molecular flexibility index (Phi) is 5.89. The first-order valence-corrected chi connectivity index (χ1v) is 7.63. The van der Waals surface area contributed by atoms with Crippen molar-refractivity contribution in [1.29, 1.82) is 0 Å². The second kappa shape index (κ2) is 8.09. The van der Waals surface area contributed by atoms with Crippen LogP contribution in [-0.4, -0.2) is 59.5 Å². The van der Waals surface area contributed by atoms with Crippen LogP contribution in [0.5, 0.6) is 5.75 Å². The first kappa shape index (κ1) is 17.5. The van der Waals surface area contributed by atoms with Crippen LogP contribution >= 0.6 is 0 Å². The Labute approximate surface area is 140 Å². The van der Waals surface area contributed by atoms with Gasteiger partial charge in [-0.25, -0.2) is 9.79 Å². The molecule has 0 aliphatic rings. The first-order valence-electron chi connectivity index (χ1n) is 7.63. The van der Waals surface area contributed by atoms with Gasteiger partial charge in [0.15, 0.2) is 5.82 Å². The van der Waals surface area contributed by atoms with Gasteiger partial charge >= 0.3 is 5.97 Å². The van der Waals surface area contributed by atoms with Crippen LogP contribution in [0.15, 0.2) is 29.3 Å². The highest BCUT2D eigenvalue weighted by atomic mass is 16.5. The molecule has 0 aliphatic heterocycles. The maximum Gasteiger partial charge on any atom is 0.362 e. The van der Waals surface area contributed by atoms with Crippen LogP contribution < -0.4 is 4.74 Å². The van der Waals surface area contributed by atoms with E-state index in [1.165, 1.54) is 4.68 Å². The van der Waals surface area contributed by atoms with Crippen LogP contribution in [0.4, 0.5) is 5.82 Å². The van der Waals surface area contributed by atoms with E-state index >= 15 is 0 Å². The zero-order valence-corrected chi connectivity index (χ0v) is 14.3. The third-order valence-electron chi connectivity index (χ3n) is 2.92. The number of rotatable bonds is 7. The molecule has 0 unspecified atom stereocenters. The number of esters is 1. The average Bonchev–Trinajstić information content (AvgIpc) is 2.98. The number of hydrogen-bond donors (Lipinski definition) is 0. The molecule has 0 spiro atoms. The number of carbonyl (C=O) groups excluding carboxylic acids is 1. The van der Waals surface area contributed by atoms with Gasteiger partial charge < -0.3 is 14.4 Å². The lowest BCUT2D eigenvalue weighted by molar-refractivity contribution is 0.0520. The fourth-order valence-corrected chi connectivity index (χ4v) is 1.92. The van der Waals surface area contributed by atoms with Gasteiger partial charge in [0, 0.05) is 14.1 Å². The largest absolute Gasteiger partial charge is 0.494 e. The molecular weight excluding hydrogens is 310 g/mol. The molecule has 1 heterocycles. The molecule has 0 amide bonds. The van der Waals surface area contributed by atoms with Crippen molar-refractivity contribution >= 4 is 18.1 Å². The van der Waals surface area contributed by atoms with Crippen LogP contribution in [-0.2, 0) is 4.74 Å². The summed E-state index contributed by atoms with van der Waals surface area (Å²) in [6, 6.07) is 7.29. The molecule has 0 aliphatic carbocycles. The lowest BCUT2D eigenvalue weighted by Gasteiger charge is -2.07. The Bertz CT molecular complexity index is 707. The van der Waals surface area contributed by atoms with E-state index in [4.69, 9.17) is 9.47 Å². The minimum absolute atomic E-state index is 0.0730. The molecule has 0 saturated carbocycles. The summed E-state index contributed by atoms with van der Waals surface area (Å²) >= 11 is 0. The van der Waals surface area contributed by atoms with Crippen LogP contribution in [0, 0.1) is 0 Å². The van der Waals surface area contributed by atoms with Crippen molar-refractivity contribution in [2.45, 2.75) is 13.8 Å². The van der Waals surface area contributed by atoms with Crippen LogP contribution in [0.25, 0.3) is 5.69 Å². The van der Waals surface area contributed by atoms with E-state index in [1.54, 1.807) is 18.2 Å². The molecule has 2 rings (SSSR count). The second-order valence-corrected chi connectivity index (χ2v) is 5.03. The van der Waals surface area contributed by atoms with Crippen LogP contribution in [0.3, 0.4) is 0 Å². The fraction of sp³-hybridized carbons (Fsp3) is 0.375. The number of hydrogen-bond acceptors (Lipinski definition) is 6. The Morgan fingerprint density at radius 1 is 1.25 bits per heavy atom. The van der Waals surface area contributed by atoms with Crippen molar-refractivity contribution in [1.82, 2.24) is 19.9 Å². The number of benzene rings is 1. The van der Waals surface area contributed by atoms with Gasteiger partial charge in [0.1, 0.15) is 5.75 Å². The van der Waals surface area contributed by atoms with Crippen molar-refractivity contribution in [3.05, 3.63) is 30.0 Å². The highest BCUT2D eigenvalue weighted by Gasteiger charge is 2.21. The van der Waals surface area contributed by atoms with E-state index < -0.39 is 5.97 Å². The highest BCUT2D eigenvalue weighted by Crippen LogP contribution is 2.23. The number of ether oxygens (including phenoxy) is 2. The lowest BCUT2D eigenvalue weighted by Crippen LogP contribution is -2.09. The van der Waals surface area contributed by atoms with E-state index in [0.717, 1.165) is 5.75 Å². The van der Waals surface area contributed by atoms with Gasteiger partial charge in [-0.05, 0) is 38.1 Å². The summed E-state index contributed by atoms with van der Waals surface area (Å²) in [4.78, 5) is 18.1. The zero-order chi connectivity index (χ0) is 17.5. The average molecular weight is 331 g/mol. The Hall–Kier alpha value is -2.90. The van der Waals surface area contributed by atoms with Crippen molar-refractivity contribution in [2.75, 3.05) is 27.3 Å². The topological polar surface area (TPSA) is 81.8 Å². The fourth-order valence-electron chi connectivity index (χ4n) is 1.92. The number of aromatic nitrogens is 3. The van der Waals surface area contributed by atoms with Crippen LogP contribution in [0.2, 0.25) is 0 Å². The molecule has 2 aromatic rings. The van der Waals surface area contributed by atoms with Crippen molar-refractivity contribution in [2.24, 2.45) is 4.99 Å². The molecule has 0 atom stereocenters. The van der Waals surface area contributed by atoms with Crippen molar-refractivity contribution < 1.29 is 14.3 Å². The molecule has 8 heteroatoms. The van der Waals surface area contributed by atoms with E-state index in [-0.39, 0.29) is 12.3 Å².